The quantitative estimate of drug-likeness (QED) is 0.613. The zero-order valence-corrected chi connectivity index (χ0v) is 6.35. The van der Waals surface area contributed by atoms with E-state index in [1.54, 1.807) is 13.8 Å². The van der Waals surface area contributed by atoms with Crippen LogP contribution in [0.1, 0.15) is 20.3 Å². The normalized spacial score (nSPS) is 16.9. The van der Waals surface area contributed by atoms with Gasteiger partial charge in [0, 0.05) is 6.42 Å². The van der Waals surface area contributed by atoms with Crippen LogP contribution in [-0.4, -0.2) is 16.5 Å². The lowest BCUT2D eigenvalue weighted by Crippen LogP contribution is -2.19. The molecule has 0 aliphatic rings. The molecule has 1 N–H and O–H groups in total. The van der Waals surface area contributed by atoms with Crippen molar-refractivity contribution >= 4 is 17.4 Å². The van der Waals surface area contributed by atoms with E-state index in [-0.39, 0.29) is 5.78 Å². The fourth-order valence-corrected chi connectivity index (χ4v) is 0.616. The van der Waals surface area contributed by atoms with E-state index in [2.05, 4.69) is 0 Å². The lowest BCUT2D eigenvalue weighted by atomic mass is 10.1. The van der Waals surface area contributed by atoms with Crippen LogP contribution in [0.15, 0.2) is 0 Å². The third-order valence-electron chi connectivity index (χ3n) is 1.27. The maximum atomic E-state index is 10.7. The van der Waals surface area contributed by atoms with Crippen LogP contribution in [0.3, 0.4) is 0 Å². The van der Waals surface area contributed by atoms with Crippen molar-refractivity contribution in [1.82, 2.24) is 0 Å². The highest BCUT2D eigenvalue weighted by molar-refractivity contribution is 6.21. The molecule has 0 radical (unpaired) electrons. The fourth-order valence-electron chi connectivity index (χ4n) is 0.475. The van der Waals surface area contributed by atoms with Crippen LogP contribution in [0.2, 0.25) is 0 Å². The van der Waals surface area contributed by atoms with Crippen LogP contribution >= 0.6 is 11.6 Å². The Morgan fingerprint density at radius 1 is 1.78 bits per heavy atom. The summed E-state index contributed by atoms with van der Waals surface area (Å²) in [6.45, 7) is 3.36. The summed E-state index contributed by atoms with van der Waals surface area (Å²) in [7, 11) is 0. The molecule has 0 amide bonds. The van der Waals surface area contributed by atoms with Crippen LogP contribution < -0.4 is 0 Å². The number of ketones is 1. The number of hydrogen-bond acceptors (Lipinski definition) is 2. The van der Waals surface area contributed by atoms with Gasteiger partial charge in [-0.2, -0.15) is 0 Å². The topological polar surface area (TPSA) is 37.3 Å². The minimum absolute atomic E-state index is 0.00231. The molecule has 0 rings (SSSR count). The number of aliphatic hydroxyl groups excluding tert-OH is 1. The maximum Gasteiger partial charge on any atom is 0.139 e. The van der Waals surface area contributed by atoms with E-state index in [0.29, 0.717) is 6.42 Å². The van der Waals surface area contributed by atoms with Crippen LogP contribution in [0, 0.1) is 5.92 Å². The summed E-state index contributed by atoms with van der Waals surface area (Å²) >= 11 is 5.24. The Morgan fingerprint density at radius 2 is 2.22 bits per heavy atom. The third-order valence-corrected chi connectivity index (χ3v) is 1.65. The highest BCUT2D eigenvalue weighted by Gasteiger charge is 2.16. The van der Waals surface area contributed by atoms with Crippen molar-refractivity contribution in [3.05, 3.63) is 0 Å². The van der Waals surface area contributed by atoms with E-state index in [4.69, 9.17) is 16.7 Å². The first-order valence-corrected chi connectivity index (χ1v) is 3.38. The molecule has 9 heavy (non-hydrogen) atoms. The monoisotopic (exact) mass is 150 g/mol. The molecule has 0 aromatic rings. The standard InChI is InChI=1S/C6H11ClO2/c1-3-5(8)4(2)6(7)9/h4,6,9H,3H2,1-2H3. The van der Waals surface area contributed by atoms with Gasteiger partial charge in [0.1, 0.15) is 11.3 Å². The molecule has 0 aromatic heterocycles. The van der Waals surface area contributed by atoms with Crippen LogP contribution in [-0.2, 0) is 4.79 Å². The average molecular weight is 151 g/mol. The molecular weight excluding hydrogens is 140 g/mol. The van der Waals surface area contributed by atoms with Gasteiger partial charge in [0.15, 0.2) is 0 Å². The predicted molar refractivity (Wildman–Crippen MR) is 36.3 cm³/mol. The molecule has 0 saturated carbocycles. The summed E-state index contributed by atoms with van der Waals surface area (Å²) in [6.07, 6.45) is 0.435. The van der Waals surface area contributed by atoms with Crippen molar-refractivity contribution < 1.29 is 9.90 Å². The smallest absolute Gasteiger partial charge is 0.139 e. The molecule has 0 heterocycles. The van der Waals surface area contributed by atoms with Gasteiger partial charge in [0.05, 0.1) is 5.92 Å². The number of halogens is 1. The minimum Gasteiger partial charge on any atom is -0.377 e. The predicted octanol–water partition coefficient (Wildman–Crippen LogP) is 1.16. The summed E-state index contributed by atoms with van der Waals surface area (Å²) in [4.78, 5) is 10.7. The number of alkyl halides is 1. The van der Waals surface area contributed by atoms with Crippen molar-refractivity contribution in [2.75, 3.05) is 0 Å². The molecule has 54 valence electrons. The summed E-state index contributed by atoms with van der Waals surface area (Å²) in [6, 6.07) is 0. The molecular formula is C6H11ClO2. The fraction of sp³-hybridized carbons (Fsp3) is 0.833. The molecule has 0 bridgehead atoms. The largest absolute Gasteiger partial charge is 0.377 e. The zero-order chi connectivity index (χ0) is 7.44. The Bertz CT molecular complexity index is 101. The number of Topliss-reactive ketones (excluding diaryl/α,β-unsaturated/α-hetero) is 1. The second kappa shape index (κ2) is 3.85. The molecule has 0 saturated heterocycles. The molecule has 0 spiro atoms. The Hall–Kier alpha value is -0.0800. The second-order valence-electron chi connectivity index (χ2n) is 1.98. The lowest BCUT2D eigenvalue weighted by Gasteiger charge is -2.08. The van der Waals surface area contributed by atoms with Crippen LogP contribution in [0.4, 0.5) is 0 Å². The van der Waals surface area contributed by atoms with Crippen molar-refractivity contribution in [3.8, 4) is 0 Å². The van der Waals surface area contributed by atoms with Gasteiger partial charge < -0.3 is 5.11 Å². The van der Waals surface area contributed by atoms with Crippen molar-refractivity contribution in [1.29, 1.82) is 0 Å². The van der Waals surface area contributed by atoms with Crippen molar-refractivity contribution in [2.24, 2.45) is 5.92 Å². The first kappa shape index (κ1) is 8.92. The SMILES string of the molecule is CCC(=O)C(C)C(O)Cl. The molecule has 2 unspecified atom stereocenters. The van der Waals surface area contributed by atoms with Crippen LogP contribution in [0.25, 0.3) is 0 Å². The van der Waals surface area contributed by atoms with Gasteiger partial charge in [0.2, 0.25) is 0 Å². The Balaban J connectivity index is 3.72. The molecule has 0 aromatic carbocycles. The summed E-state index contributed by atoms with van der Waals surface area (Å²) < 4.78 is 0. The summed E-state index contributed by atoms with van der Waals surface area (Å²) in [5.74, 6) is -0.436. The van der Waals surface area contributed by atoms with E-state index in [1.165, 1.54) is 0 Å². The zero-order valence-electron chi connectivity index (χ0n) is 5.60. The van der Waals surface area contributed by atoms with Gasteiger partial charge in [-0.3, -0.25) is 4.79 Å². The average Bonchev–Trinajstić information content (AvgIpc) is 1.84. The van der Waals surface area contributed by atoms with Gasteiger partial charge in [-0.05, 0) is 0 Å². The molecule has 0 aliphatic heterocycles. The Morgan fingerprint density at radius 3 is 2.33 bits per heavy atom. The van der Waals surface area contributed by atoms with Crippen molar-refractivity contribution in [3.63, 3.8) is 0 Å². The second-order valence-corrected chi connectivity index (χ2v) is 2.43. The van der Waals surface area contributed by atoms with Gasteiger partial charge in [-0.1, -0.05) is 25.4 Å². The van der Waals surface area contributed by atoms with Gasteiger partial charge in [0.25, 0.3) is 0 Å². The number of carbonyl (C=O) groups excluding carboxylic acids is 1. The minimum atomic E-state index is -1.03. The number of aliphatic hydroxyl groups is 1. The van der Waals surface area contributed by atoms with E-state index in [0.717, 1.165) is 0 Å². The molecule has 0 aliphatic carbocycles. The maximum absolute atomic E-state index is 10.7. The first-order valence-electron chi connectivity index (χ1n) is 2.94. The molecule has 2 nitrogen and oxygen atoms in total. The Labute approximate surface area is 59.8 Å². The lowest BCUT2D eigenvalue weighted by molar-refractivity contribution is -0.123. The number of carbonyl (C=O) groups is 1. The third kappa shape index (κ3) is 2.82. The first-order chi connectivity index (χ1) is 4.09. The van der Waals surface area contributed by atoms with Crippen LogP contribution in [0.5, 0.6) is 0 Å². The van der Waals surface area contributed by atoms with Gasteiger partial charge >= 0.3 is 0 Å². The highest BCUT2D eigenvalue weighted by atomic mass is 35.5. The number of hydrogen-bond donors (Lipinski definition) is 1. The Kier molecular flexibility index (Phi) is 3.82. The van der Waals surface area contributed by atoms with Crippen molar-refractivity contribution in [2.45, 2.75) is 25.8 Å². The molecule has 0 fully saturated rings. The van der Waals surface area contributed by atoms with E-state index >= 15 is 0 Å². The van der Waals surface area contributed by atoms with Gasteiger partial charge in [-0.25, -0.2) is 0 Å². The number of rotatable bonds is 3. The van der Waals surface area contributed by atoms with E-state index in [1.807, 2.05) is 0 Å². The summed E-state index contributed by atoms with van der Waals surface area (Å²) in [5, 5.41) is 8.67. The van der Waals surface area contributed by atoms with E-state index < -0.39 is 11.5 Å². The molecule has 2 atom stereocenters. The molecule has 3 heteroatoms. The van der Waals surface area contributed by atoms with Gasteiger partial charge in [-0.15, -0.1) is 0 Å². The highest BCUT2D eigenvalue weighted by Crippen LogP contribution is 2.09. The summed E-state index contributed by atoms with van der Waals surface area (Å²) in [5.41, 5.74) is -1.03. The van der Waals surface area contributed by atoms with E-state index in [9.17, 15) is 4.79 Å².